The van der Waals surface area contributed by atoms with E-state index in [1.807, 2.05) is 6.92 Å². The second-order valence-electron chi connectivity index (χ2n) is 3.23. The van der Waals surface area contributed by atoms with Crippen molar-refractivity contribution in [3.63, 3.8) is 0 Å². The quantitative estimate of drug-likeness (QED) is 0.920. The average Bonchev–Trinajstić information content (AvgIpc) is 2.85. The van der Waals surface area contributed by atoms with Gasteiger partial charge in [-0.05, 0) is 34.3 Å². The number of rotatable bonds is 4. The molecule has 0 bridgehead atoms. The molecule has 92 valence electrons. The minimum atomic E-state index is -3.44. The molecule has 2 heterocycles. The molecule has 17 heavy (non-hydrogen) atoms. The van der Waals surface area contributed by atoms with Crippen molar-refractivity contribution in [2.24, 2.45) is 0 Å². The lowest BCUT2D eigenvalue weighted by Crippen LogP contribution is -2.22. The molecule has 0 amide bonds. The van der Waals surface area contributed by atoms with Crippen molar-refractivity contribution in [2.45, 2.75) is 17.7 Å². The molecule has 4 nitrogen and oxygen atoms in total. The summed E-state index contributed by atoms with van der Waals surface area (Å²) in [6, 6.07) is 1.72. The first-order chi connectivity index (χ1) is 7.99. The molecule has 2 aromatic rings. The number of nitrogens with zero attached hydrogens (tertiary/aromatic N) is 1. The highest BCUT2D eigenvalue weighted by Crippen LogP contribution is 2.27. The minimum absolute atomic E-state index is 0.276. The van der Waals surface area contributed by atoms with E-state index < -0.39 is 10.0 Å². The minimum Gasteiger partial charge on any atom is -0.250 e. The van der Waals surface area contributed by atoms with Gasteiger partial charge in [0.05, 0.1) is 5.01 Å². The topological polar surface area (TPSA) is 59.1 Å². The SMILES string of the molecule is Cc1ncc(CNS(=O)(=O)c2sccc2Br)s1. The fraction of sp³-hybridized carbons (Fsp3) is 0.222. The lowest BCUT2D eigenvalue weighted by atomic mass is 10.6. The van der Waals surface area contributed by atoms with Crippen LogP contribution in [0.1, 0.15) is 9.88 Å². The average molecular weight is 353 g/mol. The number of thiophene rings is 1. The van der Waals surface area contributed by atoms with Gasteiger partial charge in [-0.1, -0.05) is 0 Å². The number of hydrogen-bond donors (Lipinski definition) is 1. The first kappa shape index (κ1) is 13.2. The van der Waals surface area contributed by atoms with E-state index >= 15 is 0 Å². The van der Waals surface area contributed by atoms with Crippen molar-refractivity contribution in [1.82, 2.24) is 9.71 Å². The van der Waals surface area contributed by atoms with Gasteiger partial charge in [-0.25, -0.2) is 18.1 Å². The molecule has 0 aromatic carbocycles. The Labute approximate surface area is 116 Å². The molecule has 0 atom stereocenters. The van der Waals surface area contributed by atoms with Gasteiger partial charge in [0.2, 0.25) is 0 Å². The van der Waals surface area contributed by atoms with E-state index in [2.05, 4.69) is 25.6 Å². The summed E-state index contributed by atoms with van der Waals surface area (Å²) in [7, 11) is -3.44. The van der Waals surface area contributed by atoms with E-state index in [9.17, 15) is 8.42 Å². The predicted molar refractivity (Wildman–Crippen MR) is 72.9 cm³/mol. The highest BCUT2D eigenvalue weighted by atomic mass is 79.9. The van der Waals surface area contributed by atoms with E-state index in [4.69, 9.17) is 0 Å². The van der Waals surface area contributed by atoms with Crippen LogP contribution in [-0.2, 0) is 16.6 Å². The summed E-state index contributed by atoms with van der Waals surface area (Å²) < 4.78 is 27.3. The molecule has 0 aliphatic rings. The molecule has 0 saturated heterocycles. The van der Waals surface area contributed by atoms with Crippen molar-refractivity contribution in [1.29, 1.82) is 0 Å². The number of aryl methyl sites for hydroxylation is 1. The lowest BCUT2D eigenvalue weighted by molar-refractivity contribution is 0.583. The first-order valence-corrected chi connectivity index (χ1v) is 8.60. The Balaban J connectivity index is 2.11. The van der Waals surface area contributed by atoms with E-state index in [0.29, 0.717) is 8.68 Å². The van der Waals surface area contributed by atoms with E-state index in [0.717, 1.165) is 9.88 Å². The van der Waals surface area contributed by atoms with Crippen LogP contribution in [0.3, 0.4) is 0 Å². The molecule has 0 aliphatic carbocycles. The van der Waals surface area contributed by atoms with E-state index in [-0.39, 0.29) is 6.54 Å². The number of halogens is 1. The molecule has 2 rings (SSSR count). The largest absolute Gasteiger partial charge is 0.251 e. The Morgan fingerprint density at radius 3 is 2.82 bits per heavy atom. The lowest BCUT2D eigenvalue weighted by Gasteiger charge is -2.03. The van der Waals surface area contributed by atoms with Gasteiger partial charge in [0.25, 0.3) is 10.0 Å². The highest BCUT2D eigenvalue weighted by Gasteiger charge is 2.18. The van der Waals surface area contributed by atoms with Crippen LogP contribution in [0.5, 0.6) is 0 Å². The molecule has 1 N–H and O–H groups in total. The van der Waals surface area contributed by atoms with Gasteiger partial charge in [-0.15, -0.1) is 22.7 Å². The normalized spacial score (nSPS) is 11.9. The maximum absolute atomic E-state index is 11.9. The summed E-state index contributed by atoms with van der Waals surface area (Å²) in [6.07, 6.45) is 1.69. The Bertz CT molecular complexity index is 618. The number of sulfonamides is 1. The van der Waals surface area contributed by atoms with Crippen molar-refractivity contribution < 1.29 is 8.42 Å². The van der Waals surface area contributed by atoms with Gasteiger partial charge in [0.1, 0.15) is 4.21 Å². The van der Waals surface area contributed by atoms with Crippen LogP contribution in [0, 0.1) is 6.92 Å². The summed E-state index contributed by atoms with van der Waals surface area (Å²) in [5, 5.41) is 2.66. The molecule has 0 unspecified atom stereocenters. The standard InChI is InChI=1S/C9H9BrN2O2S3/c1-6-11-4-7(16-6)5-12-17(13,14)9-8(10)2-3-15-9/h2-4,12H,5H2,1H3. The van der Waals surface area contributed by atoms with E-state index in [1.54, 1.807) is 17.6 Å². The fourth-order valence-electron chi connectivity index (χ4n) is 1.19. The second-order valence-corrected chi connectivity index (χ2v) is 8.28. The maximum Gasteiger partial charge on any atom is 0.251 e. The number of aromatic nitrogens is 1. The van der Waals surface area contributed by atoms with Crippen LogP contribution in [0.15, 0.2) is 26.3 Å². The van der Waals surface area contributed by atoms with Gasteiger partial charge < -0.3 is 0 Å². The van der Waals surface area contributed by atoms with E-state index in [1.165, 1.54) is 22.7 Å². The van der Waals surface area contributed by atoms with Gasteiger partial charge >= 0.3 is 0 Å². The van der Waals surface area contributed by atoms with Crippen LogP contribution in [0.25, 0.3) is 0 Å². The van der Waals surface area contributed by atoms with Gasteiger partial charge in [0, 0.05) is 22.1 Å². The fourth-order valence-corrected chi connectivity index (χ4v) is 5.40. The summed E-state index contributed by atoms with van der Waals surface area (Å²) in [4.78, 5) is 4.98. The Morgan fingerprint density at radius 2 is 2.29 bits per heavy atom. The van der Waals surface area contributed by atoms with Crippen molar-refractivity contribution in [3.8, 4) is 0 Å². The molecular weight excluding hydrogens is 344 g/mol. The molecule has 0 aliphatic heterocycles. The Kier molecular flexibility index (Phi) is 3.99. The number of thiazole rings is 1. The van der Waals surface area contributed by atoms with Crippen molar-refractivity contribution in [3.05, 3.63) is 32.0 Å². The Morgan fingerprint density at radius 1 is 1.53 bits per heavy atom. The van der Waals surface area contributed by atoms with Crippen molar-refractivity contribution in [2.75, 3.05) is 0 Å². The smallest absolute Gasteiger partial charge is 0.250 e. The van der Waals surface area contributed by atoms with Crippen LogP contribution in [-0.4, -0.2) is 13.4 Å². The highest BCUT2D eigenvalue weighted by molar-refractivity contribution is 9.10. The van der Waals surface area contributed by atoms with Gasteiger partial charge in [-0.3, -0.25) is 0 Å². The zero-order valence-electron chi connectivity index (χ0n) is 8.81. The zero-order chi connectivity index (χ0) is 12.5. The molecule has 0 radical (unpaired) electrons. The van der Waals surface area contributed by atoms with Crippen LogP contribution in [0.2, 0.25) is 0 Å². The Hall–Kier alpha value is -0.280. The predicted octanol–water partition coefficient (Wildman–Crippen LogP) is 2.75. The molecule has 0 fully saturated rings. The molecule has 8 heteroatoms. The summed E-state index contributed by atoms with van der Waals surface area (Å²) in [5.41, 5.74) is 0. The maximum atomic E-state index is 11.9. The van der Waals surface area contributed by atoms with Gasteiger partial charge in [-0.2, -0.15) is 0 Å². The molecule has 2 aromatic heterocycles. The van der Waals surface area contributed by atoms with Crippen LogP contribution in [0.4, 0.5) is 0 Å². The number of nitrogens with one attached hydrogen (secondary N) is 1. The molecule has 0 saturated carbocycles. The third-order valence-corrected chi connectivity index (χ3v) is 6.92. The summed E-state index contributed by atoms with van der Waals surface area (Å²) >= 11 is 5.88. The second kappa shape index (κ2) is 5.15. The summed E-state index contributed by atoms with van der Waals surface area (Å²) in [5.74, 6) is 0. The monoisotopic (exact) mass is 352 g/mol. The zero-order valence-corrected chi connectivity index (χ0v) is 12.8. The third-order valence-electron chi connectivity index (χ3n) is 1.93. The van der Waals surface area contributed by atoms with Gasteiger partial charge in [0.15, 0.2) is 0 Å². The van der Waals surface area contributed by atoms with Crippen LogP contribution >= 0.6 is 38.6 Å². The number of hydrogen-bond acceptors (Lipinski definition) is 5. The molecular formula is C9H9BrN2O2S3. The molecule has 0 spiro atoms. The third kappa shape index (κ3) is 3.14. The first-order valence-electron chi connectivity index (χ1n) is 4.63. The van der Waals surface area contributed by atoms with Crippen molar-refractivity contribution >= 4 is 48.6 Å². The summed E-state index contributed by atoms with van der Waals surface area (Å²) in [6.45, 7) is 2.16. The van der Waals surface area contributed by atoms with Crippen LogP contribution < -0.4 is 4.72 Å².